The van der Waals surface area contributed by atoms with Gasteiger partial charge in [0.2, 0.25) is 0 Å². The van der Waals surface area contributed by atoms with Crippen LogP contribution in [-0.4, -0.2) is 28.3 Å². The smallest absolute Gasteiger partial charge is 0.0991 e. The zero-order valence-electron chi connectivity index (χ0n) is 11.4. The van der Waals surface area contributed by atoms with E-state index in [2.05, 4.69) is 30.0 Å². The van der Waals surface area contributed by atoms with Crippen molar-refractivity contribution in [2.75, 3.05) is 13.6 Å². The molecule has 0 fully saturated rings. The second kappa shape index (κ2) is 6.17. The molecule has 0 atom stereocenters. The van der Waals surface area contributed by atoms with Crippen LogP contribution < -0.4 is 0 Å². The fourth-order valence-corrected chi connectivity index (χ4v) is 2.10. The Morgan fingerprint density at radius 1 is 1.26 bits per heavy atom. The fourth-order valence-electron chi connectivity index (χ4n) is 2.10. The van der Waals surface area contributed by atoms with Gasteiger partial charge in [-0.25, -0.2) is 4.68 Å². The summed E-state index contributed by atoms with van der Waals surface area (Å²) >= 11 is 0. The first-order chi connectivity index (χ1) is 9.24. The van der Waals surface area contributed by atoms with Gasteiger partial charge < -0.3 is 4.90 Å². The molecule has 0 bridgehead atoms. The van der Waals surface area contributed by atoms with E-state index in [-0.39, 0.29) is 0 Å². The fraction of sp³-hybridized carbons (Fsp3) is 0.333. The molecule has 1 aromatic carbocycles. The maximum atomic E-state index is 8.81. The Morgan fingerprint density at radius 3 is 2.63 bits per heavy atom. The minimum atomic E-state index is 0.667. The molecule has 98 valence electrons. The summed E-state index contributed by atoms with van der Waals surface area (Å²) in [7, 11) is 2.11. The number of benzene rings is 1. The highest BCUT2D eigenvalue weighted by Gasteiger charge is 2.07. The zero-order valence-corrected chi connectivity index (χ0v) is 11.4. The normalized spacial score (nSPS) is 10.6. The van der Waals surface area contributed by atoms with E-state index in [4.69, 9.17) is 5.26 Å². The number of hydrogen-bond donors (Lipinski definition) is 0. The minimum absolute atomic E-state index is 0.667. The van der Waals surface area contributed by atoms with Gasteiger partial charge in [-0.05, 0) is 50.3 Å². The molecular formula is C15H18N4. The van der Waals surface area contributed by atoms with Gasteiger partial charge in [0.1, 0.15) is 0 Å². The summed E-state index contributed by atoms with van der Waals surface area (Å²) in [4.78, 5) is 2.27. The van der Waals surface area contributed by atoms with Gasteiger partial charge in [-0.15, -0.1) is 0 Å². The van der Waals surface area contributed by atoms with Crippen molar-refractivity contribution >= 4 is 0 Å². The van der Waals surface area contributed by atoms with Crippen LogP contribution in [0.3, 0.4) is 0 Å². The van der Waals surface area contributed by atoms with Gasteiger partial charge in [0.25, 0.3) is 0 Å². The molecule has 0 unspecified atom stereocenters. The summed E-state index contributed by atoms with van der Waals surface area (Å²) in [5.74, 6) is 0. The number of aromatic nitrogens is 2. The van der Waals surface area contributed by atoms with Crippen LogP contribution in [0.2, 0.25) is 0 Å². The highest BCUT2D eigenvalue weighted by atomic mass is 15.3. The molecule has 1 heterocycles. The summed E-state index contributed by atoms with van der Waals surface area (Å²) in [5, 5.41) is 13.2. The predicted molar refractivity (Wildman–Crippen MR) is 74.9 cm³/mol. The van der Waals surface area contributed by atoms with Crippen LogP contribution in [0.4, 0.5) is 0 Å². The van der Waals surface area contributed by atoms with Crippen LogP contribution in [0.15, 0.2) is 36.5 Å². The summed E-state index contributed by atoms with van der Waals surface area (Å²) in [6, 6.07) is 11.6. The molecule has 0 N–H and O–H groups in total. The molecule has 4 heteroatoms. The lowest BCUT2D eigenvalue weighted by Gasteiger charge is -2.16. The van der Waals surface area contributed by atoms with E-state index >= 15 is 0 Å². The topological polar surface area (TPSA) is 44.9 Å². The van der Waals surface area contributed by atoms with Crippen LogP contribution in [0.25, 0.3) is 5.69 Å². The van der Waals surface area contributed by atoms with Gasteiger partial charge >= 0.3 is 0 Å². The van der Waals surface area contributed by atoms with Crippen molar-refractivity contribution in [3.05, 3.63) is 47.8 Å². The van der Waals surface area contributed by atoms with E-state index in [1.165, 1.54) is 0 Å². The molecule has 19 heavy (non-hydrogen) atoms. The van der Waals surface area contributed by atoms with Gasteiger partial charge in [-0.1, -0.05) is 6.92 Å². The molecule has 1 aromatic heterocycles. The number of nitriles is 1. The lowest BCUT2D eigenvalue weighted by Crippen LogP contribution is -2.20. The van der Waals surface area contributed by atoms with Crippen molar-refractivity contribution in [3.63, 3.8) is 0 Å². The second-order valence-electron chi connectivity index (χ2n) is 4.63. The molecule has 0 aliphatic rings. The lowest BCUT2D eigenvalue weighted by molar-refractivity contribution is 0.320. The molecule has 2 aromatic rings. The van der Waals surface area contributed by atoms with Gasteiger partial charge in [0, 0.05) is 12.7 Å². The zero-order chi connectivity index (χ0) is 13.7. The van der Waals surface area contributed by atoms with E-state index in [9.17, 15) is 0 Å². The van der Waals surface area contributed by atoms with E-state index < -0.39 is 0 Å². The van der Waals surface area contributed by atoms with Crippen molar-refractivity contribution < 1.29 is 0 Å². The van der Waals surface area contributed by atoms with Crippen LogP contribution in [0.5, 0.6) is 0 Å². The molecule has 4 nitrogen and oxygen atoms in total. The third-order valence-corrected chi connectivity index (χ3v) is 3.00. The Kier molecular flexibility index (Phi) is 4.32. The first-order valence-electron chi connectivity index (χ1n) is 6.46. The molecule has 0 amide bonds. The Hall–Kier alpha value is -2.12. The average Bonchev–Trinajstić information content (AvgIpc) is 2.87. The Bertz CT molecular complexity index is 563. The number of hydrogen-bond acceptors (Lipinski definition) is 3. The second-order valence-corrected chi connectivity index (χ2v) is 4.63. The van der Waals surface area contributed by atoms with Crippen LogP contribution in [-0.2, 0) is 6.54 Å². The molecule has 0 radical (unpaired) electrons. The van der Waals surface area contributed by atoms with Gasteiger partial charge in [-0.2, -0.15) is 10.4 Å². The van der Waals surface area contributed by atoms with Gasteiger partial charge in [-0.3, -0.25) is 0 Å². The third-order valence-electron chi connectivity index (χ3n) is 3.00. The van der Waals surface area contributed by atoms with Crippen LogP contribution >= 0.6 is 0 Å². The Morgan fingerprint density at radius 2 is 2.00 bits per heavy atom. The summed E-state index contributed by atoms with van der Waals surface area (Å²) in [6.45, 7) is 4.11. The quantitative estimate of drug-likeness (QED) is 0.823. The summed E-state index contributed by atoms with van der Waals surface area (Å²) in [5.41, 5.74) is 2.81. The lowest BCUT2D eigenvalue weighted by atomic mass is 10.2. The van der Waals surface area contributed by atoms with Crippen LogP contribution in [0.1, 0.15) is 24.6 Å². The van der Waals surface area contributed by atoms with Crippen molar-refractivity contribution in [3.8, 4) is 11.8 Å². The van der Waals surface area contributed by atoms with E-state index in [0.717, 1.165) is 30.9 Å². The maximum Gasteiger partial charge on any atom is 0.0991 e. The van der Waals surface area contributed by atoms with Gasteiger partial charge in [0.15, 0.2) is 0 Å². The Balaban J connectivity index is 2.21. The highest BCUT2D eigenvalue weighted by molar-refractivity contribution is 5.39. The molecule has 0 saturated carbocycles. The van der Waals surface area contributed by atoms with Crippen molar-refractivity contribution in [1.82, 2.24) is 14.7 Å². The minimum Gasteiger partial charge on any atom is -0.301 e. The third kappa shape index (κ3) is 3.21. The first-order valence-corrected chi connectivity index (χ1v) is 6.46. The predicted octanol–water partition coefficient (Wildman–Crippen LogP) is 2.59. The number of nitrogens with zero attached hydrogens (tertiary/aromatic N) is 4. The van der Waals surface area contributed by atoms with Crippen LogP contribution in [0, 0.1) is 11.3 Å². The Labute approximate surface area is 113 Å². The van der Waals surface area contributed by atoms with E-state index in [1.807, 2.05) is 41.2 Å². The SMILES string of the molecule is CCCN(C)Cc1ccnn1-c1ccc(C#N)cc1. The monoisotopic (exact) mass is 254 g/mol. The van der Waals surface area contributed by atoms with Crippen molar-refractivity contribution in [1.29, 1.82) is 5.26 Å². The molecular weight excluding hydrogens is 236 g/mol. The van der Waals surface area contributed by atoms with Crippen molar-refractivity contribution in [2.24, 2.45) is 0 Å². The molecule has 0 aliphatic heterocycles. The largest absolute Gasteiger partial charge is 0.301 e. The molecule has 0 spiro atoms. The highest BCUT2D eigenvalue weighted by Crippen LogP contribution is 2.13. The summed E-state index contributed by atoms with van der Waals surface area (Å²) in [6.07, 6.45) is 2.95. The maximum absolute atomic E-state index is 8.81. The van der Waals surface area contributed by atoms with Crippen molar-refractivity contribution in [2.45, 2.75) is 19.9 Å². The van der Waals surface area contributed by atoms with E-state index in [0.29, 0.717) is 5.56 Å². The summed E-state index contributed by atoms with van der Waals surface area (Å²) < 4.78 is 1.92. The molecule has 0 aliphatic carbocycles. The van der Waals surface area contributed by atoms with Gasteiger partial charge in [0.05, 0.1) is 23.0 Å². The first kappa shape index (κ1) is 13.3. The van der Waals surface area contributed by atoms with E-state index in [1.54, 1.807) is 0 Å². The standard InChI is InChI=1S/C15H18N4/c1-3-10-18(2)12-15-8-9-17-19(15)14-6-4-13(11-16)5-7-14/h4-9H,3,10,12H2,1-2H3. The average molecular weight is 254 g/mol. The number of rotatable bonds is 5. The molecule has 2 rings (SSSR count). The molecule has 0 saturated heterocycles.